The van der Waals surface area contributed by atoms with E-state index in [2.05, 4.69) is 57.8 Å². The third-order valence-electron chi connectivity index (χ3n) is 5.38. The second-order valence-corrected chi connectivity index (χ2v) is 7.39. The zero-order valence-corrected chi connectivity index (χ0v) is 16.8. The van der Waals surface area contributed by atoms with Gasteiger partial charge in [0.15, 0.2) is 5.96 Å². The predicted molar refractivity (Wildman–Crippen MR) is 114 cm³/mol. The Morgan fingerprint density at radius 1 is 1.07 bits per heavy atom. The first-order chi connectivity index (χ1) is 13.7. The van der Waals surface area contributed by atoms with E-state index in [9.17, 15) is 4.79 Å². The standard InChI is InChI=1S/C23H30N4O/c1-18-17-27(14-13-21(18)20-11-7-4-8-12-20)23(24-2)26-16-22(28)25-15-19-9-5-3-6-10-19/h3-12,18,21H,13-17H2,1-2H3,(H,24,26)(H,25,28). The Morgan fingerprint density at radius 3 is 2.39 bits per heavy atom. The fraction of sp³-hybridized carbons (Fsp3) is 0.391. The summed E-state index contributed by atoms with van der Waals surface area (Å²) in [7, 11) is 1.78. The number of guanidine groups is 1. The van der Waals surface area contributed by atoms with E-state index in [0.717, 1.165) is 31.0 Å². The highest BCUT2D eigenvalue weighted by Crippen LogP contribution is 2.32. The topological polar surface area (TPSA) is 56.7 Å². The number of carbonyl (C=O) groups is 1. The molecule has 5 nitrogen and oxygen atoms in total. The molecule has 2 atom stereocenters. The third-order valence-corrected chi connectivity index (χ3v) is 5.38. The molecule has 2 aromatic carbocycles. The molecule has 1 amide bonds. The number of benzene rings is 2. The maximum absolute atomic E-state index is 12.2. The molecular formula is C23H30N4O. The van der Waals surface area contributed by atoms with Gasteiger partial charge in [0, 0.05) is 26.7 Å². The highest BCUT2D eigenvalue weighted by atomic mass is 16.1. The van der Waals surface area contributed by atoms with Crippen LogP contribution in [0.5, 0.6) is 0 Å². The molecule has 3 rings (SSSR count). The first kappa shape index (κ1) is 19.9. The molecule has 0 aromatic heterocycles. The van der Waals surface area contributed by atoms with Gasteiger partial charge in [0.05, 0.1) is 6.54 Å². The van der Waals surface area contributed by atoms with E-state index < -0.39 is 0 Å². The van der Waals surface area contributed by atoms with Gasteiger partial charge in [-0.05, 0) is 29.4 Å². The molecule has 1 heterocycles. The molecule has 5 heteroatoms. The molecule has 0 spiro atoms. The molecule has 0 bridgehead atoms. The summed E-state index contributed by atoms with van der Waals surface area (Å²) in [6.45, 7) is 4.94. The van der Waals surface area contributed by atoms with E-state index in [0.29, 0.717) is 18.4 Å². The first-order valence-corrected chi connectivity index (χ1v) is 9.98. The summed E-state index contributed by atoms with van der Waals surface area (Å²) in [5, 5.41) is 6.16. The minimum absolute atomic E-state index is 0.0303. The molecule has 0 saturated carbocycles. The van der Waals surface area contributed by atoms with Gasteiger partial charge in [-0.2, -0.15) is 0 Å². The summed E-state index contributed by atoms with van der Waals surface area (Å²) in [5.41, 5.74) is 2.51. The first-order valence-electron chi connectivity index (χ1n) is 9.98. The Hall–Kier alpha value is -2.82. The van der Waals surface area contributed by atoms with E-state index in [4.69, 9.17) is 0 Å². The number of nitrogens with one attached hydrogen (secondary N) is 2. The maximum atomic E-state index is 12.2. The van der Waals surface area contributed by atoms with Crippen LogP contribution in [0.2, 0.25) is 0 Å². The van der Waals surface area contributed by atoms with E-state index in [1.165, 1.54) is 5.56 Å². The Labute approximate surface area is 167 Å². The van der Waals surface area contributed by atoms with E-state index >= 15 is 0 Å². The summed E-state index contributed by atoms with van der Waals surface area (Å²) in [5.74, 6) is 1.87. The Morgan fingerprint density at radius 2 is 1.75 bits per heavy atom. The van der Waals surface area contributed by atoms with Crippen LogP contribution in [0.15, 0.2) is 65.7 Å². The molecule has 1 aliphatic rings. The fourth-order valence-electron chi connectivity index (χ4n) is 3.88. The molecule has 1 aliphatic heterocycles. The zero-order valence-electron chi connectivity index (χ0n) is 16.8. The van der Waals surface area contributed by atoms with Crippen LogP contribution in [0.3, 0.4) is 0 Å². The molecule has 2 aromatic rings. The van der Waals surface area contributed by atoms with Crippen molar-refractivity contribution >= 4 is 11.9 Å². The fourth-order valence-corrected chi connectivity index (χ4v) is 3.88. The zero-order chi connectivity index (χ0) is 19.8. The molecule has 2 N–H and O–H groups in total. The number of hydrogen-bond acceptors (Lipinski definition) is 2. The number of rotatable bonds is 5. The van der Waals surface area contributed by atoms with Gasteiger partial charge in [-0.25, -0.2) is 0 Å². The third kappa shape index (κ3) is 5.35. The Bertz CT molecular complexity index is 776. The second kappa shape index (κ2) is 9.93. The Balaban J connectivity index is 1.47. The van der Waals surface area contributed by atoms with Crippen molar-refractivity contribution in [2.24, 2.45) is 10.9 Å². The lowest BCUT2D eigenvalue weighted by molar-refractivity contribution is -0.120. The largest absolute Gasteiger partial charge is 0.350 e. The van der Waals surface area contributed by atoms with Crippen molar-refractivity contribution in [1.29, 1.82) is 0 Å². The molecule has 1 fully saturated rings. The van der Waals surface area contributed by atoms with Gasteiger partial charge in [-0.3, -0.25) is 9.79 Å². The van der Waals surface area contributed by atoms with Gasteiger partial charge in [0.1, 0.15) is 0 Å². The lowest BCUT2D eigenvalue weighted by atomic mass is 9.82. The van der Waals surface area contributed by atoms with Crippen LogP contribution < -0.4 is 10.6 Å². The summed E-state index contributed by atoms with van der Waals surface area (Å²) in [4.78, 5) is 18.8. The van der Waals surface area contributed by atoms with Crippen LogP contribution in [0.25, 0.3) is 0 Å². The monoisotopic (exact) mass is 378 g/mol. The number of carbonyl (C=O) groups excluding carboxylic acids is 1. The number of piperidine rings is 1. The molecule has 0 radical (unpaired) electrons. The van der Waals surface area contributed by atoms with E-state index in [1.807, 2.05) is 30.3 Å². The normalized spacial score (nSPS) is 19.9. The second-order valence-electron chi connectivity index (χ2n) is 7.39. The lowest BCUT2D eigenvalue weighted by Gasteiger charge is -2.38. The van der Waals surface area contributed by atoms with Crippen LogP contribution >= 0.6 is 0 Å². The van der Waals surface area contributed by atoms with Crippen LogP contribution in [0, 0.1) is 5.92 Å². The number of likely N-dealkylation sites (tertiary alicyclic amines) is 1. The van der Waals surface area contributed by atoms with Crippen molar-refractivity contribution in [2.45, 2.75) is 25.8 Å². The maximum Gasteiger partial charge on any atom is 0.239 e. The number of nitrogens with zero attached hydrogens (tertiary/aromatic N) is 2. The van der Waals surface area contributed by atoms with Crippen molar-refractivity contribution in [3.05, 3.63) is 71.8 Å². The van der Waals surface area contributed by atoms with Crippen LogP contribution in [0.4, 0.5) is 0 Å². The van der Waals surface area contributed by atoms with Crippen LogP contribution in [0.1, 0.15) is 30.4 Å². The molecule has 1 saturated heterocycles. The SMILES string of the molecule is CN=C(NCC(=O)NCc1ccccc1)N1CCC(c2ccccc2)C(C)C1. The predicted octanol–water partition coefficient (Wildman–Crippen LogP) is 3.00. The summed E-state index contributed by atoms with van der Waals surface area (Å²) in [6.07, 6.45) is 1.09. The number of aliphatic imine (C=N–C) groups is 1. The molecule has 2 unspecified atom stereocenters. The molecular weight excluding hydrogens is 348 g/mol. The van der Waals surface area contributed by atoms with Gasteiger partial charge in [0.25, 0.3) is 0 Å². The van der Waals surface area contributed by atoms with Crippen molar-refractivity contribution in [3.63, 3.8) is 0 Å². The van der Waals surface area contributed by atoms with Gasteiger partial charge >= 0.3 is 0 Å². The van der Waals surface area contributed by atoms with Crippen molar-refractivity contribution in [2.75, 3.05) is 26.7 Å². The van der Waals surface area contributed by atoms with Crippen molar-refractivity contribution < 1.29 is 4.79 Å². The number of hydrogen-bond donors (Lipinski definition) is 2. The quantitative estimate of drug-likeness (QED) is 0.621. The minimum atomic E-state index is -0.0303. The average Bonchev–Trinajstić information content (AvgIpc) is 2.74. The van der Waals surface area contributed by atoms with Gasteiger partial charge in [0.2, 0.25) is 5.91 Å². The van der Waals surface area contributed by atoms with E-state index in [-0.39, 0.29) is 12.5 Å². The summed E-state index contributed by atoms with van der Waals surface area (Å²) in [6, 6.07) is 20.7. The smallest absolute Gasteiger partial charge is 0.239 e. The minimum Gasteiger partial charge on any atom is -0.350 e. The van der Waals surface area contributed by atoms with Gasteiger partial charge in [-0.15, -0.1) is 0 Å². The Kier molecular flexibility index (Phi) is 7.06. The molecule has 28 heavy (non-hydrogen) atoms. The average molecular weight is 379 g/mol. The van der Waals surface area contributed by atoms with Gasteiger partial charge < -0.3 is 15.5 Å². The summed E-state index contributed by atoms with van der Waals surface area (Å²) < 4.78 is 0. The number of amides is 1. The molecule has 0 aliphatic carbocycles. The van der Waals surface area contributed by atoms with Crippen molar-refractivity contribution in [3.8, 4) is 0 Å². The highest BCUT2D eigenvalue weighted by Gasteiger charge is 2.28. The van der Waals surface area contributed by atoms with Gasteiger partial charge in [-0.1, -0.05) is 67.6 Å². The molecule has 148 valence electrons. The highest BCUT2D eigenvalue weighted by molar-refractivity contribution is 5.86. The lowest BCUT2D eigenvalue weighted by Crippen LogP contribution is -2.50. The summed E-state index contributed by atoms with van der Waals surface area (Å²) >= 11 is 0. The van der Waals surface area contributed by atoms with E-state index in [1.54, 1.807) is 7.05 Å². The van der Waals surface area contributed by atoms with Crippen LogP contribution in [-0.2, 0) is 11.3 Å². The van der Waals surface area contributed by atoms with Crippen molar-refractivity contribution in [1.82, 2.24) is 15.5 Å². The van der Waals surface area contributed by atoms with Crippen LogP contribution in [-0.4, -0.2) is 43.4 Å².